The Labute approximate surface area is 128 Å². The third kappa shape index (κ3) is 3.85. The lowest BCUT2D eigenvalue weighted by molar-refractivity contribution is -0.131. The number of benzene rings is 1. The largest absolute Gasteiger partial charge is 0.478 e. The summed E-state index contributed by atoms with van der Waals surface area (Å²) < 4.78 is 0.937. The van der Waals surface area contributed by atoms with Crippen LogP contribution in [0, 0.1) is 5.92 Å². The highest BCUT2D eigenvalue weighted by atomic mass is 79.9. The van der Waals surface area contributed by atoms with Crippen molar-refractivity contribution in [1.82, 2.24) is 0 Å². The van der Waals surface area contributed by atoms with Crippen LogP contribution in [0.2, 0.25) is 0 Å². The molecule has 108 valence electrons. The van der Waals surface area contributed by atoms with Gasteiger partial charge in [0.15, 0.2) is 0 Å². The Morgan fingerprint density at radius 1 is 1.55 bits per heavy atom. The highest BCUT2D eigenvalue weighted by Crippen LogP contribution is 2.30. The average molecular weight is 338 g/mol. The van der Waals surface area contributed by atoms with E-state index in [1.54, 1.807) is 6.08 Å². The number of carboxylic acid groups (broad SMARTS) is 1. The molecule has 20 heavy (non-hydrogen) atoms. The number of aliphatic carboxylic acids is 1. The lowest BCUT2D eigenvalue weighted by Gasteiger charge is -2.19. The van der Waals surface area contributed by atoms with Crippen molar-refractivity contribution in [2.45, 2.75) is 26.2 Å². The average Bonchev–Trinajstić information content (AvgIpc) is 2.86. The van der Waals surface area contributed by atoms with Crippen molar-refractivity contribution in [2.24, 2.45) is 5.92 Å². The summed E-state index contributed by atoms with van der Waals surface area (Å²) in [4.78, 5) is 13.0. The predicted octanol–water partition coefficient (Wildman–Crippen LogP) is 4.17. The van der Waals surface area contributed by atoms with Crippen LogP contribution in [0.3, 0.4) is 0 Å². The normalized spacial score (nSPS) is 18.9. The van der Waals surface area contributed by atoms with Crippen molar-refractivity contribution >= 4 is 33.7 Å². The van der Waals surface area contributed by atoms with E-state index in [-0.39, 0.29) is 0 Å². The van der Waals surface area contributed by atoms with Crippen LogP contribution in [0.4, 0.5) is 5.69 Å². The number of carboxylic acids is 1. The monoisotopic (exact) mass is 337 g/mol. The number of halogens is 1. The van der Waals surface area contributed by atoms with Crippen LogP contribution in [0.1, 0.15) is 31.7 Å². The van der Waals surface area contributed by atoms with E-state index in [2.05, 4.69) is 39.9 Å². The molecule has 0 aromatic heterocycles. The molecule has 4 heteroatoms. The van der Waals surface area contributed by atoms with Crippen LogP contribution in [0.15, 0.2) is 28.7 Å². The second-order valence-electron chi connectivity index (χ2n) is 5.27. The second-order valence-corrected chi connectivity index (χ2v) is 6.12. The van der Waals surface area contributed by atoms with Crippen molar-refractivity contribution in [1.29, 1.82) is 0 Å². The Balaban J connectivity index is 2.08. The number of nitrogens with zero attached hydrogens (tertiary/aromatic N) is 1. The minimum absolute atomic E-state index is 0.811. The van der Waals surface area contributed by atoms with Crippen LogP contribution in [0.25, 0.3) is 6.08 Å². The second kappa shape index (κ2) is 6.93. The van der Waals surface area contributed by atoms with Crippen molar-refractivity contribution < 1.29 is 9.90 Å². The van der Waals surface area contributed by atoms with Crippen LogP contribution in [-0.2, 0) is 4.79 Å². The van der Waals surface area contributed by atoms with Crippen LogP contribution in [-0.4, -0.2) is 24.2 Å². The van der Waals surface area contributed by atoms with Crippen LogP contribution in [0.5, 0.6) is 0 Å². The standard InChI is InChI=1S/C16H20BrNO2/c1-2-3-12-8-9-18(11-12)14-6-4-13(15(17)10-14)5-7-16(19)20/h4-7,10,12H,2-3,8-9,11H2,1H3,(H,19,20)/b7-5+. The molecule has 1 fully saturated rings. The first-order valence-corrected chi connectivity index (χ1v) is 7.85. The maximum atomic E-state index is 10.5. The molecule has 1 aromatic carbocycles. The van der Waals surface area contributed by atoms with Crippen molar-refractivity contribution in [3.8, 4) is 0 Å². The molecule has 1 N–H and O–H groups in total. The summed E-state index contributed by atoms with van der Waals surface area (Å²) in [6.07, 6.45) is 6.59. The number of carbonyl (C=O) groups is 1. The van der Waals surface area contributed by atoms with Crippen LogP contribution >= 0.6 is 15.9 Å². The third-order valence-electron chi connectivity index (χ3n) is 3.74. The molecule has 2 rings (SSSR count). The van der Waals surface area contributed by atoms with Gasteiger partial charge in [-0.3, -0.25) is 0 Å². The SMILES string of the molecule is CCCC1CCN(c2ccc(/C=C/C(=O)O)c(Br)c2)C1. The van der Waals surface area contributed by atoms with Crippen LogP contribution < -0.4 is 4.90 Å². The number of hydrogen-bond acceptors (Lipinski definition) is 2. The summed E-state index contributed by atoms with van der Waals surface area (Å²) >= 11 is 3.52. The summed E-state index contributed by atoms with van der Waals surface area (Å²) in [6.45, 7) is 4.48. The van der Waals surface area contributed by atoms with E-state index in [4.69, 9.17) is 5.11 Å². The Morgan fingerprint density at radius 2 is 2.35 bits per heavy atom. The van der Waals surface area contributed by atoms with E-state index < -0.39 is 5.97 Å². The van der Waals surface area contributed by atoms with Gasteiger partial charge in [0.05, 0.1) is 0 Å². The van der Waals surface area contributed by atoms with Gasteiger partial charge >= 0.3 is 5.97 Å². The molecule has 3 nitrogen and oxygen atoms in total. The molecular formula is C16H20BrNO2. The topological polar surface area (TPSA) is 40.5 Å². The molecule has 1 atom stereocenters. The first-order valence-electron chi connectivity index (χ1n) is 7.05. The van der Waals surface area contributed by atoms with Gasteiger partial charge < -0.3 is 10.0 Å². The lowest BCUT2D eigenvalue weighted by Crippen LogP contribution is -2.19. The quantitative estimate of drug-likeness (QED) is 0.819. The highest BCUT2D eigenvalue weighted by Gasteiger charge is 2.22. The molecule has 1 heterocycles. The smallest absolute Gasteiger partial charge is 0.328 e. The molecule has 1 saturated heterocycles. The molecule has 1 aromatic rings. The molecule has 1 aliphatic heterocycles. The Morgan fingerprint density at radius 3 is 3.00 bits per heavy atom. The molecular weight excluding hydrogens is 318 g/mol. The zero-order valence-corrected chi connectivity index (χ0v) is 13.3. The van der Waals surface area contributed by atoms with E-state index in [1.807, 2.05) is 6.07 Å². The summed E-state index contributed by atoms with van der Waals surface area (Å²) in [7, 11) is 0. The van der Waals surface area contributed by atoms with Gasteiger partial charge in [-0.05, 0) is 42.5 Å². The zero-order chi connectivity index (χ0) is 14.5. The van der Waals surface area contributed by atoms with Crippen molar-refractivity contribution in [3.63, 3.8) is 0 Å². The van der Waals surface area contributed by atoms with Crippen molar-refractivity contribution in [2.75, 3.05) is 18.0 Å². The molecule has 1 aliphatic rings. The first-order chi connectivity index (χ1) is 9.60. The lowest BCUT2D eigenvalue weighted by atomic mass is 10.0. The fraction of sp³-hybridized carbons (Fsp3) is 0.438. The summed E-state index contributed by atoms with van der Waals surface area (Å²) in [5.41, 5.74) is 2.10. The van der Waals surface area contributed by atoms with Crippen molar-refractivity contribution in [3.05, 3.63) is 34.3 Å². The Kier molecular flexibility index (Phi) is 5.24. The van der Waals surface area contributed by atoms with Gasteiger partial charge in [0.2, 0.25) is 0 Å². The summed E-state index contributed by atoms with van der Waals surface area (Å²) in [5.74, 6) is -0.117. The third-order valence-corrected chi connectivity index (χ3v) is 4.42. The molecule has 0 bridgehead atoms. The Hall–Kier alpha value is -1.29. The van der Waals surface area contributed by atoms with Gasteiger partial charge in [0, 0.05) is 29.3 Å². The molecule has 0 saturated carbocycles. The van der Waals surface area contributed by atoms with E-state index in [9.17, 15) is 4.79 Å². The highest BCUT2D eigenvalue weighted by molar-refractivity contribution is 9.10. The van der Waals surface area contributed by atoms with E-state index in [1.165, 1.54) is 24.9 Å². The maximum absolute atomic E-state index is 10.5. The van der Waals surface area contributed by atoms with E-state index in [0.29, 0.717) is 0 Å². The minimum Gasteiger partial charge on any atom is -0.478 e. The molecule has 0 spiro atoms. The van der Waals surface area contributed by atoms with Gasteiger partial charge in [0.1, 0.15) is 0 Å². The van der Waals surface area contributed by atoms with E-state index >= 15 is 0 Å². The van der Waals surface area contributed by atoms with Gasteiger partial charge in [-0.2, -0.15) is 0 Å². The number of anilines is 1. The minimum atomic E-state index is -0.928. The van der Waals surface area contributed by atoms with Gasteiger partial charge in [-0.25, -0.2) is 4.79 Å². The Bertz CT molecular complexity index is 513. The summed E-state index contributed by atoms with van der Waals surface area (Å²) in [6, 6.07) is 6.11. The fourth-order valence-electron chi connectivity index (χ4n) is 2.72. The number of rotatable bonds is 5. The molecule has 0 aliphatic carbocycles. The van der Waals surface area contributed by atoms with E-state index in [0.717, 1.165) is 35.1 Å². The zero-order valence-electron chi connectivity index (χ0n) is 11.7. The number of hydrogen-bond donors (Lipinski definition) is 1. The summed E-state index contributed by atoms with van der Waals surface area (Å²) in [5, 5.41) is 8.66. The van der Waals surface area contributed by atoms with Gasteiger partial charge in [-0.15, -0.1) is 0 Å². The molecule has 0 amide bonds. The molecule has 1 unspecified atom stereocenters. The maximum Gasteiger partial charge on any atom is 0.328 e. The first kappa shape index (κ1) is 15.1. The predicted molar refractivity (Wildman–Crippen MR) is 86.0 cm³/mol. The molecule has 0 radical (unpaired) electrons. The fourth-order valence-corrected chi connectivity index (χ4v) is 3.22. The van der Waals surface area contributed by atoms with Gasteiger partial charge in [-0.1, -0.05) is 35.3 Å². The van der Waals surface area contributed by atoms with Gasteiger partial charge in [0.25, 0.3) is 0 Å².